The molecule has 5 heteroatoms. The van der Waals surface area contributed by atoms with Crippen molar-refractivity contribution in [2.75, 3.05) is 38.1 Å². The van der Waals surface area contributed by atoms with Crippen molar-refractivity contribution in [1.82, 2.24) is 10.2 Å². The number of benzene rings is 2. The van der Waals surface area contributed by atoms with Crippen molar-refractivity contribution in [2.45, 2.75) is 6.54 Å². The normalized spacial score (nSPS) is 15.3. The maximum Gasteiger partial charge on any atom is 0.253 e. The molecule has 24 heavy (non-hydrogen) atoms. The number of rotatable bonds is 4. The van der Waals surface area contributed by atoms with E-state index in [0.717, 1.165) is 31.7 Å². The fourth-order valence-corrected chi connectivity index (χ4v) is 3.03. The summed E-state index contributed by atoms with van der Waals surface area (Å²) in [6.07, 6.45) is 0. The quantitative estimate of drug-likeness (QED) is 0.927. The predicted octanol–water partition coefficient (Wildman–Crippen LogP) is 3.02. The van der Waals surface area contributed by atoms with Gasteiger partial charge in [-0.1, -0.05) is 35.9 Å². The summed E-state index contributed by atoms with van der Waals surface area (Å²) in [5.74, 6) is -0.149. The average Bonchev–Trinajstić information content (AvgIpc) is 2.61. The highest BCUT2D eigenvalue weighted by Gasteiger charge is 2.14. The highest BCUT2D eigenvalue weighted by Crippen LogP contribution is 2.18. The maximum atomic E-state index is 12.2. The summed E-state index contributed by atoms with van der Waals surface area (Å²) in [6.45, 7) is 4.79. The lowest BCUT2D eigenvalue weighted by Crippen LogP contribution is -2.44. The number of amides is 1. The highest BCUT2D eigenvalue weighted by atomic mass is 35.5. The van der Waals surface area contributed by atoms with Gasteiger partial charge in [0.05, 0.1) is 10.6 Å². The Morgan fingerprint density at radius 2 is 1.71 bits per heavy atom. The van der Waals surface area contributed by atoms with E-state index in [1.165, 1.54) is 5.69 Å². The molecule has 1 aliphatic rings. The maximum absolute atomic E-state index is 12.2. The van der Waals surface area contributed by atoms with E-state index >= 15 is 0 Å². The minimum atomic E-state index is -0.149. The Morgan fingerprint density at radius 3 is 2.38 bits per heavy atom. The van der Waals surface area contributed by atoms with Gasteiger partial charge < -0.3 is 15.1 Å². The van der Waals surface area contributed by atoms with Gasteiger partial charge in [0.1, 0.15) is 0 Å². The van der Waals surface area contributed by atoms with Crippen LogP contribution in [-0.2, 0) is 6.54 Å². The van der Waals surface area contributed by atoms with Crippen LogP contribution in [0.15, 0.2) is 48.5 Å². The van der Waals surface area contributed by atoms with Crippen LogP contribution in [0.5, 0.6) is 0 Å². The van der Waals surface area contributed by atoms with Crippen LogP contribution in [0.4, 0.5) is 5.69 Å². The minimum Gasteiger partial charge on any atom is -0.369 e. The summed E-state index contributed by atoms with van der Waals surface area (Å²) in [5, 5.41) is 3.39. The van der Waals surface area contributed by atoms with Crippen LogP contribution in [0, 0.1) is 0 Å². The lowest BCUT2D eigenvalue weighted by Gasteiger charge is -2.34. The van der Waals surface area contributed by atoms with E-state index in [1.807, 2.05) is 12.1 Å². The summed E-state index contributed by atoms with van der Waals surface area (Å²) in [4.78, 5) is 16.9. The molecule has 1 amide bonds. The first kappa shape index (κ1) is 16.8. The molecule has 3 rings (SSSR count). The predicted molar refractivity (Wildman–Crippen MR) is 98.8 cm³/mol. The molecule has 0 saturated carbocycles. The SMILES string of the molecule is CN1CCN(c2ccc(CNC(=O)c3ccccc3Cl)cc2)CC1. The molecule has 126 valence electrons. The standard InChI is InChI=1S/C19H22ClN3O/c1-22-10-12-23(13-11-22)16-8-6-15(7-9-16)14-21-19(24)17-4-2-3-5-18(17)20/h2-9H,10-14H2,1H3,(H,21,24). The molecule has 1 saturated heterocycles. The number of likely N-dealkylation sites (N-methyl/N-ethyl adjacent to an activating group) is 1. The van der Waals surface area contributed by atoms with Gasteiger partial charge in [-0.3, -0.25) is 4.79 Å². The molecule has 1 N–H and O–H groups in total. The van der Waals surface area contributed by atoms with Crippen LogP contribution in [0.3, 0.4) is 0 Å². The minimum absolute atomic E-state index is 0.149. The molecule has 0 spiro atoms. The lowest BCUT2D eigenvalue weighted by molar-refractivity contribution is 0.0951. The monoisotopic (exact) mass is 343 g/mol. The summed E-state index contributed by atoms with van der Waals surface area (Å²) in [6, 6.07) is 15.5. The average molecular weight is 344 g/mol. The molecule has 0 aliphatic carbocycles. The number of carbonyl (C=O) groups is 1. The van der Waals surface area contributed by atoms with Crippen molar-refractivity contribution in [3.8, 4) is 0 Å². The molecular weight excluding hydrogens is 322 g/mol. The van der Waals surface area contributed by atoms with Gasteiger partial charge in [-0.2, -0.15) is 0 Å². The van der Waals surface area contributed by atoms with Crippen molar-refractivity contribution in [1.29, 1.82) is 0 Å². The van der Waals surface area contributed by atoms with Gasteiger partial charge in [0, 0.05) is 38.4 Å². The zero-order valence-corrected chi connectivity index (χ0v) is 14.6. The van der Waals surface area contributed by atoms with Crippen molar-refractivity contribution < 1.29 is 4.79 Å². The molecule has 0 bridgehead atoms. The summed E-state index contributed by atoms with van der Waals surface area (Å²) in [5.41, 5.74) is 2.82. The largest absolute Gasteiger partial charge is 0.369 e. The Kier molecular flexibility index (Phi) is 5.38. The number of nitrogens with one attached hydrogen (secondary N) is 1. The Hall–Kier alpha value is -2.04. The van der Waals surface area contributed by atoms with Crippen molar-refractivity contribution in [3.63, 3.8) is 0 Å². The van der Waals surface area contributed by atoms with E-state index in [2.05, 4.69) is 46.4 Å². The van der Waals surface area contributed by atoms with Gasteiger partial charge in [-0.25, -0.2) is 0 Å². The summed E-state index contributed by atoms with van der Waals surface area (Å²) in [7, 11) is 2.15. The molecule has 0 atom stereocenters. The number of halogens is 1. The van der Waals surface area contributed by atoms with Crippen LogP contribution in [-0.4, -0.2) is 44.0 Å². The van der Waals surface area contributed by atoms with E-state index in [1.54, 1.807) is 12.1 Å². The Balaban J connectivity index is 1.57. The van der Waals surface area contributed by atoms with E-state index < -0.39 is 0 Å². The number of hydrogen-bond acceptors (Lipinski definition) is 3. The van der Waals surface area contributed by atoms with Crippen molar-refractivity contribution in [2.24, 2.45) is 0 Å². The van der Waals surface area contributed by atoms with Gasteiger partial charge in [-0.15, -0.1) is 0 Å². The second-order valence-electron chi connectivity index (χ2n) is 6.12. The smallest absolute Gasteiger partial charge is 0.253 e. The van der Waals surface area contributed by atoms with E-state index in [0.29, 0.717) is 17.1 Å². The number of piperazine rings is 1. The van der Waals surface area contributed by atoms with Gasteiger partial charge >= 0.3 is 0 Å². The van der Waals surface area contributed by atoms with Crippen molar-refractivity contribution >= 4 is 23.2 Å². The zero-order valence-electron chi connectivity index (χ0n) is 13.8. The molecular formula is C19H22ClN3O. The second kappa shape index (κ2) is 7.69. The first-order chi connectivity index (χ1) is 11.6. The van der Waals surface area contributed by atoms with Crippen LogP contribution < -0.4 is 10.2 Å². The Morgan fingerprint density at radius 1 is 1.04 bits per heavy atom. The fraction of sp³-hybridized carbons (Fsp3) is 0.316. The van der Waals surface area contributed by atoms with Crippen molar-refractivity contribution in [3.05, 3.63) is 64.7 Å². The van der Waals surface area contributed by atoms with Crippen LogP contribution in [0.1, 0.15) is 15.9 Å². The molecule has 0 unspecified atom stereocenters. The molecule has 2 aromatic carbocycles. The number of hydrogen-bond donors (Lipinski definition) is 1. The first-order valence-corrected chi connectivity index (χ1v) is 8.56. The number of carbonyl (C=O) groups excluding carboxylic acids is 1. The van der Waals surface area contributed by atoms with Crippen LogP contribution in [0.25, 0.3) is 0 Å². The van der Waals surface area contributed by atoms with E-state index in [9.17, 15) is 4.79 Å². The van der Waals surface area contributed by atoms with Crippen LogP contribution >= 0.6 is 11.6 Å². The molecule has 0 radical (unpaired) electrons. The molecule has 1 fully saturated rings. The number of anilines is 1. The van der Waals surface area contributed by atoms with Gasteiger partial charge in [0.25, 0.3) is 5.91 Å². The highest BCUT2D eigenvalue weighted by molar-refractivity contribution is 6.33. The van der Waals surface area contributed by atoms with Gasteiger partial charge in [0.15, 0.2) is 0 Å². The van der Waals surface area contributed by atoms with Crippen LogP contribution in [0.2, 0.25) is 5.02 Å². The molecule has 1 aliphatic heterocycles. The van der Waals surface area contributed by atoms with Gasteiger partial charge in [-0.05, 0) is 36.9 Å². The third-order valence-electron chi connectivity index (χ3n) is 4.38. The topological polar surface area (TPSA) is 35.6 Å². The van der Waals surface area contributed by atoms with E-state index in [4.69, 9.17) is 11.6 Å². The van der Waals surface area contributed by atoms with Gasteiger partial charge in [0.2, 0.25) is 0 Å². The first-order valence-electron chi connectivity index (χ1n) is 8.18. The lowest BCUT2D eigenvalue weighted by atomic mass is 10.1. The third kappa shape index (κ3) is 4.08. The summed E-state index contributed by atoms with van der Waals surface area (Å²) >= 11 is 6.05. The fourth-order valence-electron chi connectivity index (χ4n) is 2.81. The number of nitrogens with zero attached hydrogens (tertiary/aromatic N) is 2. The molecule has 1 heterocycles. The Bertz CT molecular complexity index is 694. The molecule has 4 nitrogen and oxygen atoms in total. The zero-order chi connectivity index (χ0) is 16.9. The Labute approximate surface area is 148 Å². The summed E-state index contributed by atoms with van der Waals surface area (Å²) < 4.78 is 0. The van der Waals surface area contributed by atoms with E-state index in [-0.39, 0.29) is 5.91 Å². The third-order valence-corrected chi connectivity index (χ3v) is 4.71. The second-order valence-corrected chi connectivity index (χ2v) is 6.53. The molecule has 0 aromatic heterocycles. The molecule has 2 aromatic rings.